The summed E-state index contributed by atoms with van der Waals surface area (Å²) in [6, 6.07) is 0.463. The highest BCUT2D eigenvalue weighted by Crippen LogP contribution is 2.33. The zero-order valence-electron chi connectivity index (χ0n) is 4.09. The molecule has 3 aliphatic rings. The van der Waals surface area contributed by atoms with E-state index in [1.165, 1.54) is 6.42 Å². The van der Waals surface area contributed by atoms with Crippen LogP contribution in [-0.2, 0) is 0 Å². The lowest BCUT2D eigenvalue weighted by Crippen LogP contribution is -2.41. The molecule has 7 heavy (non-hydrogen) atoms. The molecule has 3 unspecified atom stereocenters. The number of fused-ring (bicyclic) bond motifs is 1. The average Bonchev–Trinajstić information content (AvgIpc) is 2.18. The molecule has 1 saturated carbocycles. The van der Waals surface area contributed by atoms with Gasteiger partial charge in [-0.05, 0) is 6.42 Å². The fourth-order valence-electron chi connectivity index (χ4n) is 1.45. The number of hydrogen-bond donors (Lipinski definition) is 2. The van der Waals surface area contributed by atoms with Crippen LogP contribution in [0.1, 0.15) is 6.42 Å². The lowest BCUT2D eigenvalue weighted by molar-refractivity contribution is 0.0447. The van der Waals surface area contributed by atoms with E-state index in [9.17, 15) is 0 Å². The number of rotatable bonds is 0. The zero-order valence-corrected chi connectivity index (χ0v) is 4.09. The summed E-state index contributed by atoms with van der Waals surface area (Å²) in [6.07, 6.45) is 1.21. The number of hydrogen-bond acceptors (Lipinski definition) is 2. The largest absolute Gasteiger partial charge is 0.391 e. The highest BCUT2D eigenvalue weighted by molar-refractivity contribution is 5.02. The van der Waals surface area contributed by atoms with E-state index in [2.05, 4.69) is 5.32 Å². The average molecular weight is 99.1 g/mol. The van der Waals surface area contributed by atoms with Crippen molar-refractivity contribution in [1.29, 1.82) is 0 Å². The molecule has 40 valence electrons. The normalized spacial score (nSPS) is 57.0. The molecule has 2 aliphatic heterocycles. The lowest BCUT2D eigenvalue weighted by atomic mass is 9.83. The van der Waals surface area contributed by atoms with E-state index >= 15 is 0 Å². The van der Waals surface area contributed by atoms with Crippen LogP contribution in [-0.4, -0.2) is 23.8 Å². The van der Waals surface area contributed by atoms with Crippen molar-refractivity contribution in [3.63, 3.8) is 0 Å². The van der Waals surface area contributed by atoms with Gasteiger partial charge in [0, 0.05) is 18.5 Å². The molecule has 2 heteroatoms. The maximum absolute atomic E-state index is 8.98. The third-order valence-electron chi connectivity index (χ3n) is 2.09. The molecular weight excluding hydrogens is 90.1 g/mol. The van der Waals surface area contributed by atoms with Crippen molar-refractivity contribution in [2.75, 3.05) is 6.54 Å². The van der Waals surface area contributed by atoms with E-state index in [4.69, 9.17) is 5.11 Å². The summed E-state index contributed by atoms with van der Waals surface area (Å²) in [5.41, 5.74) is 0. The maximum atomic E-state index is 8.98. The molecule has 0 aromatic rings. The summed E-state index contributed by atoms with van der Waals surface area (Å²) in [6.45, 7) is 1.05. The van der Waals surface area contributed by atoms with E-state index in [1.807, 2.05) is 0 Å². The van der Waals surface area contributed by atoms with Crippen molar-refractivity contribution in [1.82, 2.24) is 5.32 Å². The minimum absolute atomic E-state index is 0.000000000000000222. The second-order valence-electron chi connectivity index (χ2n) is 2.50. The minimum Gasteiger partial charge on any atom is -0.391 e. The van der Waals surface area contributed by atoms with Gasteiger partial charge >= 0.3 is 0 Å². The first kappa shape index (κ1) is 3.87. The molecule has 0 radical (unpaired) electrons. The SMILES string of the molecule is OC1C2CNC1C2. The third kappa shape index (κ3) is 0.318. The Morgan fingerprint density at radius 3 is 2.57 bits per heavy atom. The van der Waals surface area contributed by atoms with Gasteiger partial charge in [0.1, 0.15) is 0 Å². The molecule has 0 aromatic heterocycles. The summed E-state index contributed by atoms with van der Waals surface area (Å²) >= 11 is 0. The molecule has 2 nitrogen and oxygen atoms in total. The Bertz CT molecular complexity index is 80.1. The molecule has 3 rings (SSSR count). The molecule has 2 saturated heterocycles. The lowest BCUT2D eigenvalue weighted by Gasteiger charge is -2.28. The van der Waals surface area contributed by atoms with E-state index in [0.29, 0.717) is 12.0 Å². The summed E-state index contributed by atoms with van der Waals surface area (Å²) in [7, 11) is 0. The van der Waals surface area contributed by atoms with Gasteiger partial charge in [-0.25, -0.2) is 0 Å². The molecule has 2 N–H and O–H groups in total. The van der Waals surface area contributed by atoms with Gasteiger partial charge in [0.15, 0.2) is 0 Å². The second-order valence-corrected chi connectivity index (χ2v) is 2.50. The van der Waals surface area contributed by atoms with Crippen LogP contribution in [0, 0.1) is 5.92 Å². The molecule has 0 amide bonds. The first-order valence-corrected chi connectivity index (χ1v) is 2.79. The molecule has 3 fully saturated rings. The van der Waals surface area contributed by atoms with Crippen molar-refractivity contribution in [2.24, 2.45) is 5.92 Å². The van der Waals surface area contributed by atoms with E-state index in [-0.39, 0.29) is 6.10 Å². The number of aliphatic hydroxyl groups is 1. The van der Waals surface area contributed by atoms with Gasteiger partial charge < -0.3 is 10.4 Å². The Morgan fingerprint density at radius 1 is 1.57 bits per heavy atom. The first-order chi connectivity index (χ1) is 3.38. The zero-order chi connectivity index (χ0) is 4.85. The fraction of sp³-hybridized carbons (Fsp3) is 1.00. The smallest absolute Gasteiger partial charge is 0.0734 e. The van der Waals surface area contributed by atoms with Crippen LogP contribution in [0.3, 0.4) is 0 Å². The standard InChI is InChI=1S/C5H9NO/c7-5-3-1-4(5)6-2-3/h3-7H,1-2H2. The molecule has 0 spiro atoms. The van der Waals surface area contributed by atoms with Crippen molar-refractivity contribution >= 4 is 0 Å². The first-order valence-electron chi connectivity index (χ1n) is 2.79. The van der Waals surface area contributed by atoms with E-state index in [1.54, 1.807) is 0 Å². The van der Waals surface area contributed by atoms with Crippen LogP contribution in [0.25, 0.3) is 0 Å². The molecule has 0 aromatic carbocycles. The van der Waals surface area contributed by atoms with Crippen LogP contribution in [0.15, 0.2) is 0 Å². The van der Waals surface area contributed by atoms with Gasteiger partial charge in [0.25, 0.3) is 0 Å². The van der Waals surface area contributed by atoms with Crippen molar-refractivity contribution < 1.29 is 5.11 Å². The van der Waals surface area contributed by atoms with Crippen molar-refractivity contribution in [3.05, 3.63) is 0 Å². The molecule has 3 atom stereocenters. The third-order valence-corrected chi connectivity index (χ3v) is 2.09. The van der Waals surface area contributed by atoms with Gasteiger partial charge in [0.2, 0.25) is 0 Å². The predicted octanol–water partition coefficient (Wildman–Crippen LogP) is -0.661. The Morgan fingerprint density at radius 2 is 2.43 bits per heavy atom. The number of aliphatic hydroxyl groups excluding tert-OH is 1. The van der Waals surface area contributed by atoms with E-state index in [0.717, 1.165) is 6.54 Å². The van der Waals surface area contributed by atoms with Gasteiger partial charge in [-0.1, -0.05) is 0 Å². The van der Waals surface area contributed by atoms with Crippen LogP contribution >= 0.6 is 0 Å². The van der Waals surface area contributed by atoms with E-state index < -0.39 is 0 Å². The number of nitrogens with one attached hydrogen (secondary N) is 1. The Labute approximate surface area is 42.5 Å². The highest BCUT2D eigenvalue weighted by atomic mass is 16.3. The Balaban J connectivity index is 2.14. The monoisotopic (exact) mass is 99.1 g/mol. The van der Waals surface area contributed by atoms with Gasteiger partial charge in [-0.15, -0.1) is 0 Å². The fourth-order valence-corrected chi connectivity index (χ4v) is 1.45. The van der Waals surface area contributed by atoms with Gasteiger partial charge in [-0.3, -0.25) is 0 Å². The summed E-state index contributed by atoms with van der Waals surface area (Å²) in [5, 5.41) is 12.2. The summed E-state index contributed by atoms with van der Waals surface area (Å²) < 4.78 is 0. The Kier molecular flexibility index (Phi) is 0.557. The van der Waals surface area contributed by atoms with Crippen molar-refractivity contribution in [2.45, 2.75) is 18.6 Å². The van der Waals surface area contributed by atoms with Gasteiger partial charge in [-0.2, -0.15) is 0 Å². The van der Waals surface area contributed by atoms with Crippen LogP contribution in [0.4, 0.5) is 0 Å². The maximum Gasteiger partial charge on any atom is 0.0734 e. The summed E-state index contributed by atoms with van der Waals surface area (Å²) in [5.74, 6) is 0.602. The molecule has 2 heterocycles. The van der Waals surface area contributed by atoms with Gasteiger partial charge in [0.05, 0.1) is 6.10 Å². The Hall–Kier alpha value is -0.0800. The second kappa shape index (κ2) is 1.01. The molecular formula is C5H9NO. The molecule has 1 aliphatic carbocycles. The minimum atomic E-state index is -0.000000000000000222. The quantitative estimate of drug-likeness (QED) is 0.422. The van der Waals surface area contributed by atoms with Crippen LogP contribution in [0.2, 0.25) is 0 Å². The molecule has 2 bridgehead atoms. The summed E-state index contributed by atoms with van der Waals surface area (Å²) in [4.78, 5) is 0. The highest BCUT2D eigenvalue weighted by Gasteiger charge is 2.45. The van der Waals surface area contributed by atoms with Crippen LogP contribution < -0.4 is 5.32 Å². The van der Waals surface area contributed by atoms with Crippen LogP contribution in [0.5, 0.6) is 0 Å². The topological polar surface area (TPSA) is 32.3 Å². The van der Waals surface area contributed by atoms with Crippen molar-refractivity contribution in [3.8, 4) is 0 Å². The predicted molar refractivity (Wildman–Crippen MR) is 25.9 cm³/mol.